The molecule has 0 unspecified atom stereocenters. The Morgan fingerprint density at radius 2 is 2.00 bits per heavy atom. The van der Waals surface area contributed by atoms with Gasteiger partial charge in [-0.15, -0.1) is 0 Å². The third-order valence-corrected chi connectivity index (χ3v) is 4.11. The predicted molar refractivity (Wildman–Crippen MR) is 87.1 cm³/mol. The van der Waals surface area contributed by atoms with Crippen molar-refractivity contribution < 1.29 is 19.7 Å². The van der Waals surface area contributed by atoms with E-state index >= 15 is 0 Å². The molecule has 0 aromatic heterocycles. The first-order valence-electron chi connectivity index (χ1n) is 8.39. The monoisotopic (exact) mass is 307 g/mol. The summed E-state index contributed by atoms with van der Waals surface area (Å²) in [6, 6.07) is 8.06. The minimum Gasteiger partial charge on any atom is -0.370 e. The zero-order valence-corrected chi connectivity index (χ0v) is 13.6. The minimum atomic E-state index is 0.0722. The van der Waals surface area contributed by atoms with Gasteiger partial charge in [0.2, 0.25) is 0 Å². The van der Waals surface area contributed by atoms with Crippen molar-refractivity contribution in [2.24, 2.45) is 0 Å². The normalized spacial score (nSPS) is 15.7. The Morgan fingerprint density at radius 1 is 1.27 bits per heavy atom. The van der Waals surface area contributed by atoms with Gasteiger partial charge in [0.05, 0.1) is 26.3 Å². The molecule has 1 aromatic carbocycles. The first kappa shape index (κ1) is 16.9. The number of aryl methyl sites for hydroxylation is 1. The average Bonchev–Trinajstić information content (AvgIpc) is 2.56. The number of nitrogens with two attached hydrogens (primary N) is 1. The molecule has 5 heteroatoms. The maximum absolute atomic E-state index is 11.9. The van der Waals surface area contributed by atoms with Gasteiger partial charge in [0, 0.05) is 12.1 Å². The minimum absolute atomic E-state index is 0.0722. The first-order chi connectivity index (χ1) is 10.8. The zero-order chi connectivity index (χ0) is 15.6. The van der Waals surface area contributed by atoms with E-state index in [4.69, 9.17) is 4.74 Å². The molecule has 1 saturated heterocycles. The highest BCUT2D eigenvalue weighted by Crippen LogP contribution is 2.09. The van der Waals surface area contributed by atoms with Crippen LogP contribution in [0, 0.1) is 0 Å². The molecule has 4 N–H and O–H groups in total. The second-order valence-electron chi connectivity index (χ2n) is 5.85. The lowest BCUT2D eigenvalue weighted by atomic mass is 10.1. The SMILES string of the molecule is CCc1ccc(NC(=O)C[NH2+]CCC[NH+]2CCOCC2)cc1. The van der Waals surface area contributed by atoms with Gasteiger partial charge in [-0.3, -0.25) is 4.79 Å². The number of quaternary nitrogens is 2. The van der Waals surface area contributed by atoms with Crippen molar-refractivity contribution in [3.05, 3.63) is 29.8 Å². The number of rotatable bonds is 8. The van der Waals surface area contributed by atoms with Crippen LogP contribution in [0.1, 0.15) is 18.9 Å². The lowest BCUT2D eigenvalue weighted by Gasteiger charge is -2.23. The van der Waals surface area contributed by atoms with Crippen LogP contribution in [0.3, 0.4) is 0 Å². The van der Waals surface area contributed by atoms with Crippen molar-refractivity contribution in [2.75, 3.05) is 51.3 Å². The molecular weight excluding hydrogens is 278 g/mol. The molecule has 5 nitrogen and oxygen atoms in total. The lowest BCUT2D eigenvalue weighted by molar-refractivity contribution is -0.909. The number of nitrogens with one attached hydrogen (secondary N) is 2. The molecule has 122 valence electrons. The molecule has 0 aliphatic carbocycles. The van der Waals surface area contributed by atoms with Crippen molar-refractivity contribution in [1.29, 1.82) is 0 Å². The second-order valence-corrected chi connectivity index (χ2v) is 5.85. The molecule has 1 amide bonds. The summed E-state index contributed by atoms with van der Waals surface area (Å²) < 4.78 is 5.35. The second kappa shape index (κ2) is 9.56. The number of carbonyl (C=O) groups is 1. The van der Waals surface area contributed by atoms with Crippen LogP contribution < -0.4 is 15.5 Å². The number of amides is 1. The molecule has 1 aromatic rings. The quantitative estimate of drug-likeness (QED) is 0.543. The topological polar surface area (TPSA) is 59.4 Å². The maximum Gasteiger partial charge on any atom is 0.279 e. The van der Waals surface area contributed by atoms with E-state index in [9.17, 15) is 4.79 Å². The third-order valence-electron chi connectivity index (χ3n) is 4.11. The van der Waals surface area contributed by atoms with Crippen LogP contribution in [0.25, 0.3) is 0 Å². The highest BCUT2D eigenvalue weighted by molar-refractivity contribution is 5.91. The van der Waals surface area contributed by atoms with Gasteiger partial charge < -0.3 is 20.3 Å². The molecule has 0 saturated carbocycles. The molecule has 0 atom stereocenters. The molecule has 1 aliphatic rings. The summed E-state index contributed by atoms with van der Waals surface area (Å²) >= 11 is 0. The number of benzene rings is 1. The van der Waals surface area contributed by atoms with E-state index < -0.39 is 0 Å². The third kappa shape index (κ3) is 6.13. The molecule has 0 radical (unpaired) electrons. The Labute approximate surface area is 133 Å². The summed E-state index contributed by atoms with van der Waals surface area (Å²) in [6.45, 7) is 8.82. The molecule has 0 bridgehead atoms. The fourth-order valence-electron chi connectivity index (χ4n) is 2.68. The van der Waals surface area contributed by atoms with Gasteiger partial charge in [-0.25, -0.2) is 0 Å². The molecule has 1 heterocycles. The summed E-state index contributed by atoms with van der Waals surface area (Å²) in [4.78, 5) is 13.5. The van der Waals surface area contributed by atoms with Gasteiger partial charge in [0.15, 0.2) is 6.54 Å². The van der Waals surface area contributed by atoms with Crippen molar-refractivity contribution in [3.8, 4) is 0 Å². The van der Waals surface area contributed by atoms with Crippen LogP contribution in [0.5, 0.6) is 0 Å². The van der Waals surface area contributed by atoms with E-state index in [1.165, 1.54) is 12.1 Å². The number of morpholine rings is 1. The van der Waals surface area contributed by atoms with Crippen molar-refractivity contribution >= 4 is 11.6 Å². The first-order valence-corrected chi connectivity index (χ1v) is 8.39. The van der Waals surface area contributed by atoms with E-state index in [1.54, 1.807) is 4.90 Å². The summed E-state index contributed by atoms with van der Waals surface area (Å²) in [6.07, 6.45) is 2.17. The van der Waals surface area contributed by atoms with Gasteiger partial charge in [-0.2, -0.15) is 0 Å². The number of hydrogen-bond acceptors (Lipinski definition) is 2. The lowest BCUT2D eigenvalue weighted by Crippen LogP contribution is -3.14. The van der Waals surface area contributed by atoms with Crippen molar-refractivity contribution in [1.82, 2.24) is 0 Å². The molecule has 1 aliphatic heterocycles. The summed E-state index contributed by atoms with van der Waals surface area (Å²) in [5.74, 6) is 0.0722. The largest absolute Gasteiger partial charge is 0.370 e. The molecular formula is C17H29N3O2+2. The Hall–Kier alpha value is -1.43. The number of anilines is 1. The highest BCUT2D eigenvalue weighted by Gasteiger charge is 2.13. The highest BCUT2D eigenvalue weighted by atomic mass is 16.5. The van der Waals surface area contributed by atoms with Crippen LogP contribution in [0.2, 0.25) is 0 Å². The average molecular weight is 307 g/mol. The fourth-order valence-corrected chi connectivity index (χ4v) is 2.68. The van der Waals surface area contributed by atoms with Crippen LogP contribution in [0.15, 0.2) is 24.3 Å². The summed E-state index contributed by atoms with van der Waals surface area (Å²) in [7, 11) is 0. The maximum atomic E-state index is 11.9. The fraction of sp³-hybridized carbons (Fsp3) is 0.588. The molecule has 22 heavy (non-hydrogen) atoms. The summed E-state index contributed by atoms with van der Waals surface area (Å²) in [5.41, 5.74) is 2.17. The van der Waals surface area contributed by atoms with Crippen LogP contribution >= 0.6 is 0 Å². The number of carbonyl (C=O) groups excluding carboxylic acids is 1. The molecule has 1 fully saturated rings. The van der Waals surface area contributed by atoms with E-state index in [0.29, 0.717) is 6.54 Å². The number of hydrogen-bond donors (Lipinski definition) is 3. The van der Waals surface area contributed by atoms with Crippen LogP contribution in [-0.2, 0) is 16.0 Å². The number of ether oxygens (including phenoxy) is 1. The Bertz CT molecular complexity index is 442. The van der Waals surface area contributed by atoms with E-state index in [1.807, 2.05) is 12.1 Å². The zero-order valence-electron chi connectivity index (χ0n) is 13.6. The Kier molecular flexibility index (Phi) is 7.36. The molecule has 0 spiro atoms. The van der Waals surface area contributed by atoms with Gasteiger partial charge in [0.25, 0.3) is 5.91 Å². The molecule has 2 rings (SSSR count). The Morgan fingerprint density at radius 3 is 2.68 bits per heavy atom. The van der Waals surface area contributed by atoms with Crippen molar-refractivity contribution in [2.45, 2.75) is 19.8 Å². The smallest absolute Gasteiger partial charge is 0.279 e. The Balaban J connectivity index is 1.55. The predicted octanol–water partition coefficient (Wildman–Crippen LogP) is -0.944. The summed E-state index contributed by atoms with van der Waals surface area (Å²) in [5, 5.41) is 5.03. The van der Waals surface area contributed by atoms with E-state index in [0.717, 1.165) is 51.4 Å². The van der Waals surface area contributed by atoms with Crippen LogP contribution in [0.4, 0.5) is 5.69 Å². The standard InChI is InChI=1S/C17H27N3O2/c1-2-15-4-6-16(7-5-15)19-17(21)14-18-8-3-9-20-10-12-22-13-11-20/h4-7,18H,2-3,8-14H2,1H3,(H,19,21)/p+2. The van der Waals surface area contributed by atoms with Crippen molar-refractivity contribution in [3.63, 3.8) is 0 Å². The van der Waals surface area contributed by atoms with Gasteiger partial charge in [0.1, 0.15) is 13.1 Å². The van der Waals surface area contributed by atoms with Crippen LogP contribution in [-0.4, -0.2) is 51.8 Å². The van der Waals surface area contributed by atoms with Gasteiger partial charge in [-0.05, 0) is 24.1 Å². The van der Waals surface area contributed by atoms with E-state index in [2.05, 4.69) is 29.7 Å². The van der Waals surface area contributed by atoms with E-state index in [-0.39, 0.29) is 5.91 Å². The van der Waals surface area contributed by atoms with Gasteiger partial charge >= 0.3 is 0 Å². The van der Waals surface area contributed by atoms with Gasteiger partial charge in [-0.1, -0.05) is 19.1 Å².